The third-order valence-corrected chi connectivity index (χ3v) is 4.18. The number of rotatable bonds is 2. The summed E-state index contributed by atoms with van der Waals surface area (Å²) in [5.74, 6) is 0. The minimum absolute atomic E-state index is 0.0396. The topological polar surface area (TPSA) is 34.9 Å². The van der Waals surface area contributed by atoms with Crippen molar-refractivity contribution in [3.63, 3.8) is 0 Å². The molecule has 0 unspecified atom stereocenters. The van der Waals surface area contributed by atoms with Crippen LogP contribution in [-0.2, 0) is 0 Å². The van der Waals surface area contributed by atoms with Gasteiger partial charge in [-0.3, -0.25) is 9.36 Å². The SMILES string of the molecule is CSc1nc2ccccc2c(=O)n1-c1ccc(Br)cc1. The summed E-state index contributed by atoms with van der Waals surface area (Å²) in [4.78, 5) is 17.3. The van der Waals surface area contributed by atoms with E-state index in [-0.39, 0.29) is 5.56 Å². The summed E-state index contributed by atoms with van der Waals surface area (Å²) in [6.07, 6.45) is 1.92. The monoisotopic (exact) mass is 346 g/mol. The lowest BCUT2D eigenvalue weighted by Gasteiger charge is -2.11. The number of benzene rings is 2. The average molecular weight is 347 g/mol. The van der Waals surface area contributed by atoms with Crippen LogP contribution in [0.2, 0.25) is 0 Å². The summed E-state index contributed by atoms with van der Waals surface area (Å²) in [6.45, 7) is 0. The van der Waals surface area contributed by atoms with Crippen LogP contribution >= 0.6 is 27.7 Å². The lowest BCUT2D eigenvalue weighted by atomic mass is 10.2. The van der Waals surface area contributed by atoms with Gasteiger partial charge in [-0.05, 0) is 42.7 Å². The van der Waals surface area contributed by atoms with E-state index in [1.807, 2.05) is 54.8 Å². The predicted molar refractivity (Wildman–Crippen MR) is 86.8 cm³/mol. The average Bonchev–Trinajstić information content (AvgIpc) is 2.48. The van der Waals surface area contributed by atoms with E-state index in [4.69, 9.17) is 0 Å². The maximum atomic E-state index is 12.7. The third kappa shape index (κ3) is 2.27. The molecule has 0 N–H and O–H groups in total. The molecule has 0 bridgehead atoms. The molecule has 3 rings (SSSR count). The maximum absolute atomic E-state index is 12.7. The van der Waals surface area contributed by atoms with Crippen molar-refractivity contribution < 1.29 is 0 Å². The van der Waals surface area contributed by atoms with Crippen molar-refractivity contribution in [2.75, 3.05) is 6.26 Å². The van der Waals surface area contributed by atoms with E-state index < -0.39 is 0 Å². The molecule has 3 nitrogen and oxygen atoms in total. The summed E-state index contributed by atoms with van der Waals surface area (Å²) in [5, 5.41) is 1.32. The van der Waals surface area contributed by atoms with Gasteiger partial charge in [-0.15, -0.1) is 0 Å². The molecule has 100 valence electrons. The van der Waals surface area contributed by atoms with Crippen LogP contribution in [0.4, 0.5) is 0 Å². The van der Waals surface area contributed by atoms with Crippen LogP contribution in [0, 0.1) is 0 Å². The number of halogens is 1. The summed E-state index contributed by atoms with van der Waals surface area (Å²) < 4.78 is 2.63. The van der Waals surface area contributed by atoms with E-state index >= 15 is 0 Å². The van der Waals surface area contributed by atoms with Gasteiger partial charge in [0.05, 0.1) is 16.6 Å². The number of hydrogen-bond acceptors (Lipinski definition) is 3. The summed E-state index contributed by atoms with van der Waals surface area (Å²) in [6, 6.07) is 15.1. The first-order valence-corrected chi connectivity index (χ1v) is 8.04. The number of thioether (sulfide) groups is 1. The van der Waals surface area contributed by atoms with Gasteiger partial charge in [0.15, 0.2) is 5.16 Å². The predicted octanol–water partition coefficient (Wildman–Crippen LogP) is 3.87. The van der Waals surface area contributed by atoms with Gasteiger partial charge >= 0.3 is 0 Å². The number of para-hydroxylation sites is 1. The Labute approximate surface area is 128 Å². The fourth-order valence-electron chi connectivity index (χ4n) is 2.07. The Kier molecular flexibility index (Phi) is 3.63. The Balaban J connectivity index is 2.36. The van der Waals surface area contributed by atoms with E-state index in [1.54, 1.807) is 4.57 Å². The van der Waals surface area contributed by atoms with Gasteiger partial charge < -0.3 is 0 Å². The van der Waals surface area contributed by atoms with Gasteiger partial charge in [0.25, 0.3) is 5.56 Å². The zero-order valence-corrected chi connectivity index (χ0v) is 13.1. The molecule has 0 amide bonds. The number of aromatic nitrogens is 2. The van der Waals surface area contributed by atoms with Gasteiger partial charge in [-0.2, -0.15) is 0 Å². The highest BCUT2D eigenvalue weighted by Crippen LogP contribution is 2.20. The molecule has 0 aliphatic rings. The molecule has 20 heavy (non-hydrogen) atoms. The van der Waals surface area contributed by atoms with Crippen LogP contribution in [-0.4, -0.2) is 15.8 Å². The molecule has 2 aromatic carbocycles. The highest BCUT2D eigenvalue weighted by atomic mass is 79.9. The zero-order valence-electron chi connectivity index (χ0n) is 10.7. The second kappa shape index (κ2) is 5.42. The minimum Gasteiger partial charge on any atom is -0.268 e. The van der Waals surface area contributed by atoms with Gasteiger partial charge in [-0.25, -0.2) is 4.98 Å². The minimum atomic E-state index is -0.0396. The van der Waals surface area contributed by atoms with Gasteiger partial charge in [0.2, 0.25) is 0 Å². The van der Waals surface area contributed by atoms with Gasteiger partial charge in [0.1, 0.15) is 0 Å². The number of hydrogen-bond donors (Lipinski definition) is 0. The van der Waals surface area contributed by atoms with E-state index in [1.165, 1.54) is 11.8 Å². The van der Waals surface area contributed by atoms with E-state index in [0.717, 1.165) is 15.7 Å². The van der Waals surface area contributed by atoms with Crippen molar-refractivity contribution in [2.45, 2.75) is 5.16 Å². The third-order valence-electron chi connectivity index (χ3n) is 3.01. The van der Waals surface area contributed by atoms with Crippen LogP contribution in [0.1, 0.15) is 0 Å². The van der Waals surface area contributed by atoms with Crippen molar-refractivity contribution in [1.82, 2.24) is 9.55 Å². The molecule has 0 saturated heterocycles. The molecular formula is C15H11BrN2OS. The number of nitrogens with zero attached hydrogens (tertiary/aromatic N) is 2. The molecule has 0 fully saturated rings. The molecule has 5 heteroatoms. The smallest absolute Gasteiger partial charge is 0.266 e. The van der Waals surface area contributed by atoms with E-state index in [9.17, 15) is 4.79 Å². The van der Waals surface area contributed by atoms with Gasteiger partial charge in [0, 0.05) is 4.47 Å². The van der Waals surface area contributed by atoms with Crippen LogP contribution < -0.4 is 5.56 Å². The van der Waals surface area contributed by atoms with Crippen LogP contribution in [0.3, 0.4) is 0 Å². The molecule has 1 aromatic heterocycles. The molecule has 0 atom stereocenters. The molecule has 0 saturated carbocycles. The summed E-state index contributed by atoms with van der Waals surface area (Å²) in [7, 11) is 0. The second-order valence-corrected chi connectivity index (χ2v) is 5.92. The van der Waals surface area contributed by atoms with Crippen molar-refractivity contribution in [2.24, 2.45) is 0 Å². The van der Waals surface area contributed by atoms with Crippen LogP contribution in [0.5, 0.6) is 0 Å². The van der Waals surface area contributed by atoms with Gasteiger partial charge in [-0.1, -0.05) is 39.8 Å². The highest BCUT2D eigenvalue weighted by molar-refractivity contribution is 9.10. The fourth-order valence-corrected chi connectivity index (χ4v) is 2.89. The van der Waals surface area contributed by atoms with E-state index in [0.29, 0.717) is 10.5 Å². The normalized spacial score (nSPS) is 10.9. The molecule has 0 radical (unpaired) electrons. The van der Waals surface area contributed by atoms with Crippen molar-refractivity contribution >= 4 is 38.6 Å². The molecule has 1 heterocycles. The van der Waals surface area contributed by atoms with Crippen molar-refractivity contribution in [3.8, 4) is 5.69 Å². The van der Waals surface area contributed by atoms with Crippen LogP contribution in [0.25, 0.3) is 16.6 Å². The zero-order chi connectivity index (χ0) is 14.1. The molecule has 0 spiro atoms. The summed E-state index contributed by atoms with van der Waals surface area (Å²) >= 11 is 4.87. The second-order valence-electron chi connectivity index (χ2n) is 4.23. The fraction of sp³-hybridized carbons (Fsp3) is 0.0667. The molecule has 3 aromatic rings. The Hall–Kier alpha value is -1.59. The first kappa shape index (κ1) is 13.4. The first-order chi connectivity index (χ1) is 9.70. The Bertz CT molecular complexity index is 827. The Morgan fingerprint density at radius 2 is 1.80 bits per heavy atom. The quantitative estimate of drug-likeness (QED) is 0.521. The molecule has 0 aliphatic heterocycles. The van der Waals surface area contributed by atoms with E-state index in [2.05, 4.69) is 20.9 Å². The molecule has 0 aliphatic carbocycles. The maximum Gasteiger partial charge on any atom is 0.266 e. The van der Waals surface area contributed by atoms with Crippen LogP contribution in [0.15, 0.2) is 63.0 Å². The highest BCUT2D eigenvalue weighted by Gasteiger charge is 2.11. The number of fused-ring (bicyclic) bond motifs is 1. The Morgan fingerprint density at radius 1 is 1.10 bits per heavy atom. The van der Waals surface area contributed by atoms with Crippen molar-refractivity contribution in [3.05, 3.63) is 63.4 Å². The summed E-state index contributed by atoms with van der Waals surface area (Å²) in [5.41, 5.74) is 1.51. The Morgan fingerprint density at radius 3 is 2.50 bits per heavy atom. The largest absolute Gasteiger partial charge is 0.268 e. The lowest BCUT2D eigenvalue weighted by Crippen LogP contribution is -2.21. The first-order valence-electron chi connectivity index (χ1n) is 6.02. The lowest BCUT2D eigenvalue weighted by molar-refractivity contribution is 0.821. The standard InChI is InChI=1S/C15H11BrN2OS/c1-20-15-17-13-5-3-2-4-12(13)14(19)18(15)11-8-6-10(16)7-9-11/h2-9H,1H3. The van der Waals surface area contributed by atoms with Crippen molar-refractivity contribution in [1.29, 1.82) is 0 Å². The molecular weight excluding hydrogens is 336 g/mol.